The number of hydrogen-bond acceptors (Lipinski definition) is 5. The molecular formula is C17H14ClFN4O. The van der Waals surface area contributed by atoms with E-state index in [9.17, 15) is 4.39 Å². The van der Waals surface area contributed by atoms with Gasteiger partial charge in [-0.3, -0.25) is 4.98 Å². The van der Waals surface area contributed by atoms with E-state index in [1.807, 2.05) is 0 Å². The van der Waals surface area contributed by atoms with E-state index >= 15 is 0 Å². The van der Waals surface area contributed by atoms with Crippen LogP contribution in [0.3, 0.4) is 0 Å². The molecule has 5 nitrogen and oxygen atoms in total. The monoisotopic (exact) mass is 344 g/mol. The zero-order valence-corrected chi connectivity index (χ0v) is 13.6. The molecule has 0 fully saturated rings. The molecule has 0 aliphatic carbocycles. The Labute approximate surface area is 143 Å². The van der Waals surface area contributed by atoms with Crippen LogP contribution in [0.25, 0.3) is 11.4 Å². The van der Waals surface area contributed by atoms with Crippen LogP contribution in [0.15, 0.2) is 48.9 Å². The molecular weight excluding hydrogens is 331 g/mol. The summed E-state index contributed by atoms with van der Waals surface area (Å²) in [6, 6.07) is 8.08. The zero-order chi connectivity index (χ0) is 16.9. The van der Waals surface area contributed by atoms with Crippen molar-refractivity contribution in [3.8, 4) is 17.1 Å². The molecule has 0 radical (unpaired) electrons. The summed E-state index contributed by atoms with van der Waals surface area (Å²) in [6.45, 7) is 0.288. The highest BCUT2D eigenvalue weighted by molar-refractivity contribution is 6.30. The Bertz CT molecular complexity index is 859. The third-order valence-electron chi connectivity index (χ3n) is 3.34. The number of halogens is 2. The molecule has 7 heteroatoms. The van der Waals surface area contributed by atoms with Crippen molar-refractivity contribution in [2.24, 2.45) is 0 Å². The van der Waals surface area contributed by atoms with Gasteiger partial charge in [0.2, 0.25) is 0 Å². The molecule has 0 spiro atoms. The molecule has 3 rings (SSSR count). The van der Waals surface area contributed by atoms with Crippen LogP contribution in [0, 0.1) is 5.82 Å². The smallest absolute Gasteiger partial charge is 0.163 e. The molecule has 0 saturated carbocycles. The molecule has 122 valence electrons. The third-order valence-corrected chi connectivity index (χ3v) is 3.57. The van der Waals surface area contributed by atoms with Crippen LogP contribution >= 0.6 is 11.6 Å². The fourth-order valence-corrected chi connectivity index (χ4v) is 2.26. The van der Waals surface area contributed by atoms with E-state index in [1.54, 1.807) is 50.0 Å². The van der Waals surface area contributed by atoms with Crippen molar-refractivity contribution in [1.29, 1.82) is 0 Å². The lowest BCUT2D eigenvalue weighted by Crippen LogP contribution is -2.04. The van der Waals surface area contributed by atoms with Crippen molar-refractivity contribution in [2.75, 3.05) is 12.4 Å². The average molecular weight is 345 g/mol. The number of benzene rings is 1. The Morgan fingerprint density at radius 1 is 1.21 bits per heavy atom. The number of aromatic nitrogens is 3. The van der Waals surface area contributed by atoms with Crippen LogP contribution in [-0.4, -0.2) is 22.1 Å². The number of nitrogens with one attached hydrogen (secondary N) is 1. The van der Waals surface area contributed by atoms with Gasteiger partial charge in [-0.25, -0.2) is 14.4 Å². The molecule has 0 aliphatic rings. The van der Waals surface area contributed by atoms with Crippen molar-refractivity contribution in [3.63, 3.8) is 0 Å². The van der Waals surface area contributed by atoms with Gasteiger partial charge in [0.1, 0.15) is 17.4 Å². The predicted octanol–water partition coefficient (Wildman–Crippen LogP) is 3.95. The van der Waals surface area contributed by atoms with Crippen LogP contribution in [0.2, 0.25) is 5.02 Å². The first kappa shape index (κ1) is 16.1. The van der Waals surface area contributed by atoms with Gasteiger partial charge in [0.15, 0.2) is 5.82 Å². The van der Waals surface area contributed by atoms with E-state index in [-0.39, 0.29) is 12.4 Å². The topological polar surface area (TPSA) is 59.9 Å². The van der Waals surface area contributed by atoms with Gasteiger partial charge in [-0.2, -0.15) is 0 Å². The number of hydrogen-bond donors (Lipinski definition) is 1. The number of nitrogens with zero attached hydrogens (tertiary/aromatic N) is 3. The van der Waals surface area contributed by atoms with Crippen molar-refractivity contribution in [2.45, 2.75) is 6.54 Å². The van der Waals surface area contributed by atoms with E-state index in [2.05, 4.69) is 20.3 Å². The van der Waals surface area contributed by atoms with Gasteiger partial charge in [-0.05, 0) is 24.3 Å². The minimum Gasteiger partial charge on any atom is -0.495 e. The number of ether oxygens (including phenoxy) is 1. The Kier molecular flexibility index (Phi) is 4.86. The maximum atomic E-state index is 13.8. The maximum Gasteiger partial charge on any atom is 0.163 e. The van der Waals surface area contributed by atoms with E-state index in [0.29, 0.717) is 28.0 Å². The molecule has 3 aromatic rings. The number of rotatable bonds is 5. The van der Waals surface area contributed by atoms with E-state index < -0.39 is 0 Å². The number of anilines is 1. The van der Waals surface area contributed by atoms with E-state index in [0.717, 1.165) is 5.56 Å². The molecule has 0 bridgehead atoms. The van der Waals surface area contributed by atoms with Crippen molar-refractivity contribution in [1.82, 2.24) is 15.0 Å². The maximum absolute atomic E-state index is 13.8. The van der Waals surface area contributed by atoms with Gasteiger partial charge in [0, 0.05) is 35.1 Å². The molecule has 0 atom stereocenters. The summed E-state index contributed by atoms with van der Waals surface area (Å²) in [5, 5.41) is 3.44. The fraction of sp³-hybridized carbons (Fsp3) is 0.118. The van der Waals surface area contributed by atoms with Crippen LogP contribution < -0.4 is 10.1 Å². The van der Waals surface area contributed by atoms with Crippen molar-refractivity contribution < 1.29 is 9.13 Å². The molecule has 2 aromatic heterocycles. The Morgan fingerprint density at radius 2 is 2.08 bits per heavy atom. The summed E-state index contributed by atoms with van der Waals surface area (Å²) >= 11 is 5.75. The predicted molar refractivity (Wildman–Crippen MR) is 90.6 cm³/mol. The molecule has 0 unspecified atom stereocenters. The van der Waals surface area contributed by atoms with E-state index in [4.69, 9.17) is 16.3 Å². The SMILES string of the molecule is COc1cncc(-c2nccc(NCc3ccc(Cl)cc3F)n2)c1. The molecule has 2 heterocycles. The largest absolute Gasteiger partial charge is 0.495 e. The fourth-order valence-electron chi connectivity index (χ4n) is 2.10. The molecule has 0 saturated heterocycles. The summed E-state index contributed by atoms with van der Waals surface area (Å²) in [5.74, 6) is 1.35. The highest BCUT2D eigenvalue weighted by atomic mass is 35.5. The highest BCUT2D eigenvalue weighted by Gasteiger charge is 2.07. The highest BCUT2D eigenvalue weighted by Crippen LogP contribution is 2.20. The summed E-state index contributed by atoms with van der Waals surface area (Å²) in [5.41, 5.74) is 1.23. The van der Waals surface area contributed by atoms with Gasteiger partial charge in [-0.15, -0.1) is 0 Å². The lowest BCUT2D eigenvalue weighted by Gasteiger charge is -2.08. The minimum absolute atomic E-state index is 0.288. The first-order valence-corrected chi connectivity index (χ1v) is 7.54. The molecule has 1 N–H and O–H groups in total. The molecule has 24 heavy (non-hydrogen) atoms. The Morgan fingerprint density at radius 3 is 2.88 bits per heavy atom. The van der Waals surface area contributed by atoms with Crippen LogP contribution in [-0.2, 0) is 6.54 Å². The molecule has 1 aromatic carbocycles. The summed E-state index contributed by atoms with van der Waals surface area (Å²) < 4.78 is 19.0. The summed E-state index contributed by atoms with van der Waals surface area (Å²) in [6.07, 6.45) is 4.89. The van der Waals surface area contributed by atoms with E-state index in [1.165, 1.54) is 6.07 Å². The third kappa shape index (κ3) is 3.78. The lowest BCUT2D eigenvalue weighted by molar-refractivity contribution is 0.413. The van der Waals surface area contributed by atoms with Gasteiger partial charge in [0.25, 0.3) is 0 Å². The van der Waals surface area contributed by atoms with Crippen molar-refractivity contribution >= 4 is 17.4 Å². The summed E-state index contributed by atoms with van der Waals surface area (Å²) in [7, 11) is 1.57. The normalized spacial score (nSPS) is 10.5. The zero-order valence-electron chi connectivity index (χ0n) is 12.8. The van der Waals surface area contributed by atoms with Gasteiger partial charge in [-0.1, -0.05) is 17.7 Å². The Hall–Kier alpha value is -2.73. The number of methoxy groups -OCH3 is 1. The summed E-state index contributed by atoms with van der Waals surface area (Å²) in [4.78, 5) is 12.7. The van der Waals surface area contributed by atoms with Gasteiger partial charge >= 0.3 is 0 Å². The molecule has 0 amide bonds. The van der Waals surface area contributed by atoms with Crippen molar-refractivity contribution in [3.05, 3.63) is 65.3 Å². The second-order valence-corrected chi connectivity index (χ2v) is 5.40. The standard InChI is InChI=1S/C17H14ClFN4O/c1-24-14-6-12(8-20-10-14)17-21-5-4-16(23-17)22-9-11-2-3-13(18)7-15(11)19/h2-8,10H,9H2,1H3,(H,21,22,23). The minimum atomic E-state index is -0.360. The lowest BCUT2D eigenvalue weighted by atomic mass is 10.2. The average Bonchev–Trinajstić information content (AvgIpc) is 2.61. The Balaban J connectivity index is 1.77. The van der Waals surface area contributed by atoms with Crippen LogP contribution in [0.4, 0.5) is 10.2 Å². The van der Waals surface area contributed by atoms with Crippen LogP contribution in [0.1, 0.15) is 5.56 Å². The second-order valence-electron chi connectivity index (χ2n) is 4.97. The molecule has 0 aliphatic heterocycles. The quantitative estimate of drug-likeness (QED) is 0.759. The van der Waals surface area contributed by atoms with Gasteiger partial charge in [0.05, 0.1) is 13.3 Å². The second kappa shape index (κ2) is 7.23. The van der Waals surface area contributed by atoms with Gasteiger partial charge < -0.3 is 10.1 Å². The van der Waals surface area contributed by atoms with Crippen LogP contribution in [0.5, 0.6) is 5.75 Å². The first-order chi connectivity index (χ1) is 11.7. The number of pyridine rings is 1. The first-order valence-electron chi connectivity index (χ1n) is 7.16.